The Morgan fingerprint density at radius 2 is 2.21 bits per heavy atom. The first-order valence-corrected chi connectivity index (χ1v) is 7.39. The van der Waals surface area contributed by atoms with Crippen molar-refractivity contribution in [2.75, 3.05) is 5.73 Å². The third kappa shape index (κ3) is 2.85. The molecular weight excluding hydrogens is 270 g/mol. The van der Waals surface area contributed by atoms with E-state index in [1.807, 2.05) is 6.92 Å². The number of nitrogens with zero attached hydrogens (tertiary/aromatic N) is 1. The summed E-state index contributed by atoms with van der Waals surface area (Å²) in [5.74, 6) is 0.315. The molecule has 7 nitrogen and oxygen atoms in total. The summed E-state index contributed by atoms with van der Waals surface area (Å²) < 4.78 is 26.8. The van der Waals surface area contributed by atoms with Gasteiger partial charge in [0, 0.05) is 17.8 Å². The quantitative estimate of drug-likeness (QED) is 0.480. The van der Waals surface area contributed by atoms with Crippen molar-refractivity contribution in [2.24, 2.45) is 5.92 Å². The fourth-order valence-electron chi connectivity index (χ4n) is 2.00. The van der Waals surface area contributed by atoms with Gasteiger partial charge < -0.3 is 5.73 Å². The smallest absolute Gasteiger partial charge is 0.289 e. The van der Waals surface area contributed by atoms with E-state index in [9.17, 15) is 18.5 Å². The molecule has 8 heteroatoms. The fraction of sp³-hybridized carbons (Fsp3) is 0.455. The van der Waals surface area contributed by atoms with E-state index < -0.39 is 20.6 Å². The normalized spacial score (nSPS) is 22.2. The molecule has 1 saturated carbocycles. The van der Waals surface area contributed by atoms with Gasteiger partial charge in [0.25, 0.3) is 5.69 Å². The number of sulfonamides is 1. The first-order chi connectivity index (χ1) is 8.85. The van der Waals surface area contributed by atoms with Crippen LogP contribution in [0, 0.1) is 16.0 Å². The lowest BCUT2D eigenvalue weighted by atomic mass is 10.3. The molecule has 1 aliphatic rings. The predicted octanol–water partition coefficient (Wildman–Crippen LogP) is 1.25. The number of nitro benzene ring substituents is 1. The maximum atomic E-state index is 12.2. The highest BCUT2D eigenvalue weighted by atomic mass is 32.2. The third-order valence-corrected chi connectivity index (χ3v) is 4.74. The second-order valence-corrected chi connectivity index (χ2v) is 6.30. The average Bonchev–Trinajstić information content (AvgIpc) is 3.06. The molecule has 0 spiro atoms. The minimum absolute atomic E-state index is 0.129. The molecule has 0 aliphatic heterocycles. The molecule has 2 atom stereocenters. The molecule has 104 valence electrons. The Labute approximate surface area is 111 Å². The van der Waals surface area contributed by atoms with Crippen LogP contribution < -0.4 is 10.5 Å². The van der Waals surface area contributed by atoms with Crippen LogP contribution in [0.1, 0.15) is 19.8 Å². The molecule has 1 aromatic rings. The highest BCUT2D eigenvalue weighted by Crippen LogP contribution is 2.35. The van der Waals surface area contributed by atoms with Gasteiger partial charge in [0.15, 0.2) is 4.90 Å². The second kappa shape index (κ2) is 4.78. The lowest BCUT2D eigenvalue weighted by molar-refractivity contribution is -0.387. The Morgan fingerprint density at radius 1 is 1.53 bits per heavy atom. The summed E-state index contributed by atoms with van der Waals surface area (Å²) in [6.07, 6.45) is 1.65. The molecule has 3 N–H and O–H groups in total. The van der Waals surface area contributed by atoms with E-state index in [1.54, 1.807) is 0 Å². The second-order valence-electron chi connectivity index (χ2n) is 4.62. The Bertz CT molecular complexity index is 614. The minimum Gasteiger partial charge on any atom is -0.399 e. The van der Waals surface area contributed by atoms with Crippen LogP contribution in [0.4, 0.5) is 11.4 Å². The third-order valence-electron chi connectivity index (χ3n) is 3.22. The summed E-state index contributed by atoms with van der Waals surface area (Å²) in [5.41, 5.74) is 5.22. The summed E-state index contributed by atoms with van der Waals surface area (Å²) in [7, 11) is -3.91. The van der Waals surface area contributed by atoms with E-state index in [1.165, 1.54) is 6.07 Å². The molecular formula is C11H15N3O4S. The predicted molar refractivity (Wildman–Crippen MR) is 70.0 cm³/mol. The van der Waals surface area contributed by atoms with Crippen molar-refractivity contribution in [3.8, 4) is 0 Å². The van der Waals surface area contributed by atoms with E-state index in [2.05, 4.69) is 4.72 Å². The standard InChI is InChI=1S/C11H15N3O4S/c1-2-7-5-9(7)13-19(17,18)11-6-8(12)3-4-10(11)14(15)16/h3-4,6-7,9,13H,2,5,12H2,1H3. The van der Waals surface area contributed by atoms with Crippen LogP contribution in [0.2, 0.25) is 0 Å². The van der Waals surface area contributed by atoms with Crippen molar-refractivity contribution in [1.29, 1.82) is 0 Å². The van der Waals surface area contributed by atoms with Crippen LogP contribution in [0.25, 0.3) is 0 Å². The van der Waals surface area contributed by atoms with Gasteiger partial charge in [0.2, 0.25) is 10.0 Å². The molecule has 0 bridgehead atoms. The number of hydrogen-bond acceptors (Lipinski definition) is 5. The van der Waals surface area contributed by atoms with Crippen molar-refractivity contribution in [3.05, 3.63) is 28.3 Å². The summed E-state index contributed by atoms with van der Waals surface area (Å²) >= 11 is 0. The molecule has 0 aromatic heterocycles. The van der Waals surface area contributed by atoms with Crippen molar-refractivity contribution >= 4 is 21.4 Å². The number of hydrogen-bond donors (Lipinski definition) is 2. The highest BCUT2D eigenvalue weighted by molar-refractivity contribution is 7.89. The molecule has 0 heterocycles. The summed E-state index contributed by atoms with van der Waals surface area (Å²) in [6.45, 7) is 1.97. The lowest BCUT2D eigenvalue weighted by Gasteiger charge is -2.07. The zero-order valence-corrected chi connectivity index (χ0v) is 11.2. The maximum absolute atomic E-state index is 12.2. The molecule has 2 unspecified atom stereocenters. The van der Waals surface area contributed by atoms with Crippen LogP contribution in [-0.4, -0.2) is 19.4 Å². The number of nitro groups is 1. The Hall–Kier alpha value is -1.67. The topological polar surface area (TPSA) is 115 Å². The van der Waals surface area contributed by atoms with Crippen LogP contribution in [-0.2, 0) is 10.0 Å². The van der Waals surface area contributed by atoms with Gasteiger partial charge in [-0.3, -0.25) is 10.1 Å². The van der Waals surface area contributed by atoms with Gasteiger partial charge in [0.1, 0.15) is 0 Å². The summed E-state index contributed by atoms with van der Waals surface area (Å²) in [6, 6.07) is 3.40. The molecule has 1 aromatic carbocycles. The minimum atomic E-state index is -3.91. The summed E-state index contributed by atoms with van der Waals surface area (Å²) in [5, 5.41) is 10.9. The van der Waals surface area contributed by atoms with E-state index >= 15 is 0 Å². The van der Waals surface area contributed by atoms with E-state index in [4.69, 9.17) is 5.73 Å². The number of nitrogen functional groups attached to an aromatic ring is 1. The molecule has 1 aliphatic carbocycles. The van der Waals surface area contributed by atoms with Gasteiger partial charge in [0.05, 0.1) is 4.92 Å². The van der Waals surface area contributed by atoms with Crippen LogP contribution >= 0.6 is 0 Å². The summed E-state index contributed by atoms with van der Waals surface area (Å²) in [4.78, 5) is 9.77. The van der Waals surface area contributed by atoms with Crippen molar-refractivity contribution in [3.63, 3.8) is 0 Å². The molecule has 0 amide bonds. The van der Waals surface area contributed by atoms with Crippen molar-refractivity contribution < 1.29 is 13.3 Å². The van der Waals surface area contributed by atoms with Gasteiger partial charge in [-0.25, -0.2) is 13.1 Å². The maximum Gasteiger partial charge on any atom is 0.289 e. The zero-order valence-electron chi connectivity index (χ0n) is 10.4. The van der Waals surface area contributed by atoms with E-state index in [0.29, 0.717) is 5.92 Å². The van der Waals surface area contributed by atoms with Gasteiger partial charge in [-0.2, -0.15) is 0 Å². The Kier molecular flexibility index (Phi) is 3.46. The molecule has 2 rings (SSSR count). The van der Waals surface area contributed by atoms with Gasteiger partial charge in [-0.15, -0.1) is 0 Å². The number of nitrogens with one attached hydrogen (secondary N) is 1. The first kappa shape index (κ1) is 13.8. The van der Waals surface area contributed by atoms with E-state index in [-0.39, 0.29) is 16.6 Å². The average molecular weight is 285 g/mol. The Morgan fingerprint density at radius 3 is 2.74 bits per heavy atom. The van der Waals surface area contributed by atoms with Crippen molar-refractivity contribution in [1.82, 2.24) is 4.72 Å². The van der Waals surface area contributed by atoms with Crippen LogP contribution in [0.5, 0.6) is 0 Å². The molecule has 0 saturated heterocycles. The highest BCUT2D eigenvalue weighted by Gasteiger charge is 2.40. The zero-order chi connectivity index (χ0) is 14.2. The number of anilines is 1. The largest absolute Gasteiger partial charge is 0.399 e. The Balaban J connectivity index is 2.34. The lowest BCUT2D eigenvalue weighted by Crippen LogP contribution is -2.27. The SMILES string of the molecule is CCC1CC1NS(=O)(=O)c1cc(N)ccc1[N+](=O)[O-]. The first-order valence-electron chi connectivity index (χ1n) is 5.91. The number of nitrogens with two attached hydrogens (primary N) is 1. The van der Waals surface area contributed by atoms with Crippen LogP contribution in [0.3, 0.4) is 0 Å². The van der Waals surface area contributed by atoms with Gasteiger partial charge >= 0.3 is 0 Å². The van der Waals surface area contributed by atoms with Gasteiger partial charge in [-0.05, 0) is 24.5 Å². The van der Waals surface area contributed by atoms with E-state index in [0.717, 1.165) is 25.0 Å². The number of benzene rings is 1. The van der Waals surface area contributed by atoms with Crippen LogP contribution in [0.15, 0.2) is 23.1 Å². The number of rotatable bonds is 5. The molecule has 19 heavy (non-hydrogen) atoms. The monoisotopic (exact) mass is 285 g/mol. The van der Waals surface area contributed by atoms with Crippen molar-refractivity contribution in [2.45, 2.75) is 30.7 Å². The van der Waals surface area contributed by atoms with Gasteiger partial charge in [-0.1, -0.05) is 13.3 Å². The fourth-order valence-corrected chi connectivity index (χ4v) is 3.53. The molecule has 0 radical (unpaired) electrons. The molecule has 1 fully saturated rings.